The molecule has 2 heteroatoms. The Morgan fingerprint density at radius 2 is 1.81 bits per heavy atom. The molecule has 0 amide bonds. The van der Waals surface area contributed by atoms with Crippen LogP contribution in [0.1, 0.15) is 43.0 Å². The molecule has 0 saturated carbocycles. The van der Waals surface area contributed by atoms with E-state index in [0.29, 0.717) is 0 Å². The van der Waals surface area contributed by atoms with Crippen LogP contribution in [-0.2, 0) is 13.0 Å². The quantitative estimate of drug-likeness (QED) is 0.879. The van der Waals surface area contributed by atoms with Crippen molar-refractivity contribution >= 4 is 5.69 Å². The van der Waals surface area contributed by atoms with E-state index in [1.807, 2.05) is 18.2 Å². The summed E-state index contributed by atoms with van der Waals surface area (Å²) in [5.41, 5.74) is 5.01. The Morgan fingerprint density at radius 3 is 2.62 bits per heavy atom. The monoisotopic (exact) mass is 281 g/mol. The molecule has 1 aliphatic rings. The Morgan fingerprint density at radius 1 is 1.10 bits per heavy atom. The molecule has 1 atom stereocenters. The van der Waals surface area contributed by atoms with Gasteiger partial charge in [-0.05, 0) is 35.4 Å². The molecule has 110 valence electrons. The second-order valence-electron chi connectivity index (χ2n) is 6.58. The zero-order valence-electron chi connectivity index (χ0n) is 12.8. The minimum Gasteiger partial charge on any atom is -0.392 e. The number of rotatable bonds is 3. The van der Waals surface area contributed by atoms with Gasteiger partial charge in [0, 0.05) is 11.3 Å². The highest BCUT2D eigenvalue weighted by atomic mass is 16.3. The van der Waals surface area contributed by atoms with Crippen LogP contribution in [0.4, 0.5) is 5.69 Å². The summed E-state index contributed by atoms with van der Waals surface area (Å²) < 4.78 is 0. The number of aliphatic hydroxyl groups is 1. The van der Waals surface area contributed by atoms with Crippen LogP contribution < -0.4 is 5.32 Å². The predicted molar refractivity (Wildman–Crippen MR) is 87.3 cm³/mol. The van der Waals surface area contributed by atoms with Crippen molar-refractivity contribution in [2.75, 3.05) is 5.32 Å². The molecule has 2 N–H and O–H groups in total. The molecule has 21 heavy (non-hydrogen) atoms. The minimum absolute atomic E-state index is 0.0674. The fourth-order valence-electron chi connectivity index (χ4n) is 3.29. The number of benzene rings is 2. The Bertz CT molecular complexity index is 633. The van der Waals surface area contributed by atoms with Crippen LogP contribution in [-0.4, -0.2) is 5.11 Å². The first kappa shape index (κ1) is 14.2. The van der Waals surface area contributed by atoms with Gasteiger partial charge in [0.05, 0.1) is 12.6 Å². The van der Waals surface area contributed by atoms with Crippen molar-refractivity contribution in [3.63, 3.8) is 0 Å². The maximum atomic E-state index is 9.53. The number of hydrogen-bond donors (Lipinski definition) is 2. The normalized spacial score (nSPS) is 19.9. The molecular formula is C19H23NO. The van der Waals surface area contributed by atoms with Gasteiger partial charge in [-0.25, -0.2) is 0 Å². The van der Waals surface area contributed by atoms with Gasteiger partial charge < -0.3 is 10.4 Å². The lowest BCUT2D eigenvalue weighted by Gasteiger charge is -2.41. The van der Waals surface area contributed by atoms with Gasteiger partial charge in [0.2, 0.25) is 0 Å². The lowest BCUT2D eigenvalue weighted by molar-refractivity contribution is 0.263. The molecular weight excluding hydrogens is 258 g/mol. The van der Waals surface area contributed by atoms with Crippen molar-refractivity contribution in [3.05, 3.63) is 65.2 Å². The van der Waals surface area contributed by atoms with Crippen LogP contribution in [0.15, 0.2) is 48.5 Å². The minimum atomic E-state index is 0.0674. The van der Waals surface area contributed by atoms with Crippen LogP contribution in [0.25, 0.3) is 0 Å². The van der Waals surface area contributed by atoms with Crippen LogP contribution >= 0.6 is 0 Å². The third kappa shape index (κ3) is 2.68. The standard InChI is InChI=1S/C19H23NO/c1-19(2)12-11-14-7-3-5-9-16(14)18(19)20-17-10-6-4-8-15(17)13-21/h3-10,18,20-21H,11-13H2,1-2H3. The van der Waals surface area contributed by atoms with E-state index in [0.717, 1.165) is 17.7 Å². The van der Waals surface area contributed by atoms with E-state index < -0.39 is 0 Å². The van der Waals surface area contributed by atoms with E-state index in [1.165, 1.54) is 17.5 Å². The topological polar surface area (TPSA) is 32.3 Å². The molecule has 0 spiro atoms. The average Bonchev–Trinajstić information content (AvgIpc) is 2.50. The summed E-state index contributed by atoms with van der Waals surface area (Å²) in [6.45, 7) is 4.71. The second kappa shape index (κ2) is 5.53. The number of fused-ring (bicyclic) bond motifs is 1. The van der Waals surface area contributed by atoms with Crippen LogP contribution in [0.5, 0.6) is 0 Å². The first-order chi connectivity index (χ1) is 10.1. The molecule has 2 aromatic carbocycles. The number of nitrogens with one attached hydrogen (secondary N) is 1. The molecule has 1 unspecified atom stereocenters. The third-order valence-electron chi connectivity index (χ3n) is 4.67. The molecule has 3 rings (SSSR count). The number of aryl methyl sites for hydroxylation is 1. The number of hydrogen-bond acceptors (Lipinski definition) is 2. The van der Waals surface area contributed by atoms with Crippen LogP contribution in [0.2, 0.25) is 0 Å². The van der Waals surface area contributed by atoms with Gasteiger partial charge in [-0.15, -0.1) is 0 Å². The summed E-state index contributed by atoms with van der Waals surface area (Å²) in [5, 5.41) is 13.2. The van der Waals surface area contributed by atoms with E-state index in [4.69, 9.17) is 0 Å². The SMILES string of the molecule is CC1(C)CCc2ccccc2C1Nc1ccccc1CO. The van der Waals surface area contributed by atoms with Crippen molar-refractivity contribution in [1.82, 2.24) is 0 Å². The summed E-state index contributed by atoms with van der Waals surface area (Å²) >= 11 is 0. The number of anilines is 1. The van der Waals surface area contributed by atoms with Gasteiger partial charge in [-0.1, -0.05) is 56.3 Å². The summed E-state index contributed by atoms with van der Waals surface area (Å²) in [7, 11) is 0. The van der Waals surface area contributed by atoms with Gasteiger partial charge in [-0.3, -0.25) is 0 Å². The summed E-state index contributed by atoms with van der Waals surface area (Å²) in [6, 6.07) is 17.0. The Hall–Kier alpha value is -1.80. The molecule has 2 nitrogen and oxygen atoms in total. The van der Waals surface area contributed by atoms with Gasteiger partial charge in [0.1, 0.15) is 0 Å². The van der Waals surface area contributed by atoms with Gasteiger partial charge in [0.15, 0.2) is 0 Å². The van der Waals surface area contributed by atoms with Crippen molar-refractivity contribution < 1.29 is 5.11 Å². The van der Waals surface area contributed by atoms with Gasteiger partial charge in [-0.2, -0.15) is 0 Å². The molecule has 0 fully saturated rings. The highest BCUT2D eigenvalue weighted by Gasteiger charge is 2.35. The van der Waals surface area contributed by atoms with Gasteiger partial charge in [0.25, 0.3) is 0 Å². The van der Waals surface area contributed by atoms with E-state index in [1.54, 1.807) is 0 Å². The summed E-state index contributed by atoms with van der Waals surface area (Å²) in [6.07, 6.45) is 2.31. The highest BCUT2D eigenvalue weighted by molar-refractivity contribution is 5.54. The third-order valence-corrected chi connectivity index (χ3v) is 4.67. The first-order valence-electron chi connectivity index (χ1n) is 7.65. The largest absolute Gasteiger partial charge is 0.392 e. The zero-order valence-corrected chi connectivity index (χ0v) is 12.8. The highest BCUT2D eigenvalue weighted by Crippen LogP contribution is 2.45. The number of aliphatic hydroxyl groups excluding tert-OH is 1. The maximum Gasteiger partial charge on any atom is 0.0701 e. The van der Waals surface area contributed by atoms with Crippen LogP contribution in [0.3, 0.4) is 0 Å². The second-order valence-corrected chi connectivity index (χ2v) is 6.58. The summed E-state index contributed by atoms with van der Waals surface area (Å²) in [4.78, 5) is 0. The Balaban J connectivity index is 1.99. The molecule has 0 aromatic heterocycles. The fourth-order valence-corrected chi connectivity index (χ4v) is 3.29. The lowest BCUT2D eigenvalue weighted by Crippen LogP contribution is -2.33. The van der Waals surface area contributed by atoms with Crippen molar-refractivity contribution in [1.29, 1.82) is 0 Å². The molecule has 2 aromatic rings. The maximum absolute atomic E-state index is 9.53. The zero-order chi connectivity index (χ0) is 14.9. The molecule has 0 radical (unpaired) electrons. The fraction of sp³-hybridized carbons (Fsp3) is 0.368. The Kier molecular flexibility index (Phi) is 3.73. The molecule has 0 aliphatic heterocycles. The smallest absolute Gasteiger partial charge is 0.0701 e. The Labute approximate surface area is 126 Å². The lowest BCUT2D eigenvalue weighted by atomic mass is 9.70. The van der Waals surface area contributed by atoms with Gasteiger partial charge >= 0.3 is 0 Å². The van der Waals surface area contributed by atoms with E-state index in [-0.39, 0.29) is 18.1 Å². The van der Waals surface area contributed by atoms with E-state index in [9.17, 15) is 5.11 Å². The average molecular weight is 281 g/mol. The number of para-hydroxylation sites is 1. The van der Waals surface area contributed by atoms with E-state index in [2.05, 4.69) is 49.5 Å². The first-order valence-corrected chi connectivity index (χ1v) is 7.65. The molecule has 1 aliphatic carbocycles. The molecule has 0 bridgehead atoms. The van der Waals surface area contributed by atoms with E-state index >= 15 is 0 Å². The van der Waals surface area contributed by atoms with Crippen molar-refractivity contribution in [2.24, 2.45) is 5.41 Å². The summed E-state index contributed by atoms with van der Waals surface area (Å²) in [5.74, 6) is 0. The molecule has 0 heterocycles. The van der Waals surface area contributed by atoms with Crippen LogP contribution in [0, 0.1) is 5.41 Å². The van der Waals surface area contributed by atoms with Crippen molar-refractivity contribution in [3.8, 4) is 0 Å². The van der Waals surface area contributed by atoms with Crippen molar-refractivity contribution in [2.45, 2.75) is 39.3 Å². The predicted octanol–water partition coefficient (Wildman–Crippen LogP) is 4.30. The molecule has 0 saturated heterocycles.